The van der Waals surface area contributed by atoms with E-state index >= 15 is 0 Å². The van der Waals surface area contributed by atoms with E-state index in [1.807, 2.05) is 6.08 Å². The first-order chi connectivity index (χ1) is 21.8. The number of nitrogens with two attached hydrogens (primary N) is 1. The molecule has 268 valence electrons. The summed E-state index contributed by atoms with van der Waals surface area (Å²) in [6, 6.07) is -0.974. The zero-order valence-corrected chi connectivity index (χ0v) is 29.9. The lowest BCUT2D eigenvalue weighted by Gasteiger charge is -2.24. The van der Waals surface area contributed by atoms with Crippen LogP contribution >= 0.6 is 7.82 Å². The van der Waals surface area contributed by atoms with E-state index < -0.39 is 38.6 Å². The molecular weight excluding hydrogens is 591 g/mol. The van der Waals surface area contributed by atoms with Gasteiger partial charge in [0.1, 0.15) is 0 Å². The van der Waals surface area contributed by atoms with Gasteiger partial charge in [-0.25, -0.2) is 4.57 Å². The number of amides is 1. The lowest BCUT2D eigenvalue weighted by molar-refractivity contribution is -0.124. The van der Waals surface area contributed by atoms with Crippen LogP contribution in [0.2, 0.25) is 0 Å². The van der Waals surface area contributed by atoms with Gasteiger partial charge in [-0.3, -0.25) is 13.8 Å². The standard InChI is InChI=1S/C35H71N2O7P/c1-3-5-7-9-11-13-15-16-17-18-20-22-24-26-32(38)30-35(40)37-33(31-44-45(41,42)43-29-28-36)34(39)27-25-23-21-19-14-12-10-8-6-4-2/h25,27,32-34,38-39H,3-24,26,28-31,36H2,1-2H3,(H,37,40)(H,41,42)/b27-25+. The van der Waals surface area contributed by atoms with Gasteiger partial charge < -0.3 is 26.2 Å². The summed E-state index contributed by atoms with van der Waals surface area (Å²) in [4.78, 5) is 22.6. The fourth-order valence-electron chi connectivity index (χ4n) is 5.35. The predicted octanol–water partition coefficient (Wildman–Crippen LogP) is 8.24. The summed E-state index contributed by atoms with van der Waals surface area (Å²) in [7, 11) is -4.38. The van der Waals surface area contributed by atoms with E-state index in [0.29, 0.717) is 6.42 Å². The van der Waals surface area contributed by atoms with Crippen LogP contribution in [-0.2, 0) is 18.4 Å². The average Bonchev–Trinajstić information content (AvgIpc) is 3.01. The zero-order chi connectivity index (χ0) is 33.4. The monoisotopic (exact) mass is 662 g/mol. The van der Waals surface area contributed by atoms with Crippen molar-refractivity contribution in [3.63, 3.8) is 0 Å². The Morgan fingerprint density at radius 3 is 1.71 bits per heavy atom. The predicted molar refractivity (Wildman–Crippen MR) is 186 cm³/mol. The topological polar surface area (TPSA) is 151 Å². The molecule has 4 unspecified atom stereocenters. The van der Waals surface area contributed by atoms with E-state index in [0.717, 1.165) is 38.5 Å². The van der Waals surface area contributed by atoms with Gasteiger partial charge in [-0.05, 0) is 19.3 Å². The number of aliphatic hydroxyl groups excluding tert-OH is 2. The normalized spacial score (nSPS) is 15.2. The van der Waals surface area contributed by atoms with Gasteiger partial charge in [0.2, 0.25) is 5.91 Å². The Morgan fingerprint density at radius 1 is 0.756 bits per heavy atom. The van der Waals surface area contributed by atoms with Crippen LogP contribution in [0, 0.1) is 0 Å². The summed E-state index contributed by atoms with van der Waals surface area (Å²) in [5.41, 5.74) is 5.33. The molecule has 45 heavy (non-hydrogen) atoms. The Balaban J connectivity index is 4.42. The second-order valence-electron chi connectivity index (χ2n) is 12.6. The van der Waals surface area contributed by atoms with Gasteiger partial charge in [0, 0.05) is 6.54 Å². The molecule has 0 aliphatic heterocycles. The highest BCUT2D eigenvalue weighted by Crippen LogP contribution is 2.43. The number of rotatable bonds is 34. The second kappa shape index (κ2) is 31.8. The number of allylic oxidation sites excluding steroid dienone is 1. The third kappa shape index (κ3) is 30.3. The van der Waals surface area contributed by atoms with Gasteiger partial charge in [-0.15, -0.1) is 0 Å². The van der Waals surface area contributed by atoms with Crippen LogP contribution in [0.5, 0.6) is 0 Å². The van der Waals surface area contributed by atoms with Crippen LogP contribution < -0.4 is 11.1 Å². The molecule has 0 aromatic heterocycles. The molecule has 0 aliphatic rings. The Morgan fingerprint density at radius 2 is 1.22 bits per heavy atom. The number of hydrogen-bond donors (Lipinski definition) is 5. The van der Waals surface area contributed by atoms with Gasteiger partial charge in [0.25, 0.3) is 0 Å². The van der Waals surface area contributed by atoms with Crippen molar-refractivity contribution in [2.75, 3.05) is 19.8 Å². The molecule has 1 amide bonds. The molecule has 0 aliphatic carbocycles. The van der Waals surface area contributed by atoms with Gasteiger partial charge >= 0.3 is 7.82 Å². The van der Waals surface area contributed by atoms with E-state index in [1.165, 1.54) is 103 Å². The van der Waals surface area contributed by atoms with Gasteiger partial charge in [0.15, 0.2) is 0 Å². The van der Waals surface area contributed by atoms with E-state index in [4.69, 9.17) is 14.8 Å². The van der Waals surface area contributed by atoms with Crippen LogP contribution in [0.1, 0.15) is 168 Å². The average molecular weight is 663 g/mol. The zero-order valence-electron chi connectivity index (χ0n) is 29.0. The molecule has 10 heteroatoms. The van der Waals surface area contributed by atoms with Crippen molar-refractivity contribution in [2.45, 2.75) is 186 Å². The maximum Gasteiger partial charge on any atom is 0.472 e. The minimum Gasteiger partial charge on any atom is -0.393 e. The highest BCUT2D eigenvalue weighted by Gasteiger charge is 2.27. The highest BCUT2D eigenvalue weighted by atomic mass is 31.2. The minimum atomic E-state index is -4.38. The number of nitrogens with one attached hydrogen (secondary N) is 1. The molecule has 0 saturated heterocycles. The van der Waals surface area contributed by atoms with Crippen molar-refractivity contribution < 1.29 is 33.5 Å². The van der Waals surface area contributed by atoms with Crippen LogP contribution in [0.3, 0.4) is 0 Å². The van der Waals surface area contributed by atoms with Crippen molar-refractivity contribution in [1.29, 1.82) is 0 Å². The summed E-state index contributed by atoms with van der Waals surface area (Å²) in [5.74, 6) is -0.447. The smallest absolute Gasteiger partial charge is 0.393 e. The number of unbranched alkanes of at least 4 members (excludes halogenated alkanes) is 20. The molecule has 0 fully saturated rings. The van der Waals surface area contributed by atoms with Gasteiger partial charge in [-0.2, -0.15) is 0 Å². The fourth-order valence-corrected chi connectivity index (χ4v) is 6.11. The van der Waals surface area contributed by atoms with Crippen LogP contribution in [0.25, 0.3) is 0 Å². The number of phosphoric acid groups is 1. The fraction of sp³-hybridized carbons (Fsp3) is 0.914. The van der Waals surface area contributed by atoms with Crippen LogP contribution in [0.4, 0.5) is 0 Å². The quantitative estimate of drug-likeness (QED) is 0.0263. The summed E-state index contributed by atoms with van der Waals surface area (Å²) >= 11 is 0. The molecule has 4 atom stereocenters. The van der Waals surface area contributed by atoms with Crippen molar-refractivity contribution in [3.05, 3.63) is 12.2 Å². The van der Waals surface area contributed by atoms with Crippen molar-refractivity contribution in [3.8, 4) is 0 Å². The highest BCUT2D eigenvalue weighted by molar-refractivity contribution is 7.47. The Kier molecular flexibility index (Phi) is 31.2. The lowest BCUT2D eigenvalue weighted by Crippen LogP contribution is -2.46. The van der Waals surface area contributed by atoms with Crippen molar-refractivity contribution in [2.24, 2.45) is 5.73 Å². The lowest BCUT2D eigenvalue weighted by atomic mass is 10.0. The van der Waals surface area contributed by atoms with Crippen LogP contribution in [-0.4, -0.2) is 59.0 Å². The molecule has 0 bridgehead atoms. The first-order valence-corrected chi connectivity index (χ1v) is 19.9. The molecule has 6 N–H and O–H groups in total. The molecular formula is C35H71N2O7P. The SMILES string of the molecule is CCCCCCCCCC/C=C/C(O)C(COP(=O)(O)OCCN)NC(=O)CC(O)CCCCCCCCCCCCCCC. The van der Waals surface area contributed by atoms with Crippen molar-refractivity contribution in [1.82, 2.24) is 5.32 Å². The summed E-state index contributed by atoms with van der Waals surface area (Å²) in [5, 5.41) is 23.8. The Bertz CT molecular complexity index is 741. The number of carbonyl (C=O) groups is 1. The number of aliphatic hydroxyl groups is 2. The minimum absolute atomic E-state index is 0.0509. The number of carbonyl (C=O) groups excluding carboxylic acids is 1. The van der Waals surface area contributed by atoms with Crippen LogP contribution in [0.15, 0.2) is 12.2 Å². The van der Waals surface area contributed by atoms with E-state index in [9.17, 15) is 24.5 Å². The third-order valence-electron chi connectivity index (χ3n) is 8.17. The molecule has 0 rings (SSSR count). The molecule has 0 aromatic rings. The summed E-state index contributed by atoms with van der Waals surface area (Å²) in [6.07, 6.45) is 28.7. The Labute approximate surface area is 276 Å². The van der Waals surface area contributed by atoms with Gasteiger partial charge in [0.05, 0.1) is 37.9 Å². The molecule has 0 spiro atoms. The number of hydrogen-bond acceptors (Lipinski definition) is 7. The third-order valence-corrected chi connectivity index (χ3v) is 9.15. The first kappa shape index (κ1) is 44.2. The maximum atomic E-state index is 12.7. The van der Waals surface area contributed by atoms with Crippen molar-refractivity contribution >= 4 is 13.7 Å². The molecule has 9 nitrogen and oxygen atoms in total. The molecule has 0 radical (unpaired) electrons. The molecule has 0 aromatic carbocycles. The van der Waals surface area contributed by atoms with E-state index in [-0.39, 0.29) is 19.6 Å². The molecule has 0 heterocycles. The molecule has 0 saturated carbocycles. The second-order valence-corrected chi connectivity index (χ2v) is 14.1. The summed E-state index contributed by atoms with van der Waals surface area (Å²) in [6.45, 7) is 3.93. The van der Waals surface area contributed by atoms with E-state index in [1.54, 1.807) is 6.08 Å². The largest absolute Gasteiger partial charge is 0.472 e. The van der Waals surface area contributed by atoms with Gasteiger partial charge in [-0.1, -0.05) is 154 Å². The van der Waals surface area contributed by atoms with E-state index in [2.05, 4.69) is 19.2 Å². The maximum absolute atomic E-state index is 12.7. The number of phosphoric ester groups is 1. The summed E-state index contributed by atoms with van der Waals surface area (Å²) < 4.78 is 21.9. The first-order valence-electron chi connectivity index (χ1n) is 18.4. The Hall–Kier alpha value is -0.800.